The van der Waals surface area contributed by atoms with Crippen LogP contribution in [0.5, 0.6) is 0 Å². The molecule has 1 amide bonds. The SMILES string of the molecule is C=CCN1C(=O)C(=C2Sc3ccc(Cl)cc3N2C)SC1=S. The number of benzene rings is 1. The van der Waals surface area contributed by atoms with Crippen molar-refractivity contribution in [2.24, 2.45) is 0 Å². The maximum absolute atomic E-state index is 12.5. The maximum Gasteiger partial charge on any atom is 0.269 e. The number of carbonyl (C=O) groups excluding carboxylic acids is 1. The fourth-order valence-corrected chi connectivity index (χ4v) is 4.88. The van der Waals surface area contributed by atoms with Gasteiger partial charge in [0.05, 0.1) is 10.7 Å². The van der Waals surface area contributed by atoms with Gasteiger partial charge in [0.15, 0.2) is 0 Å². The van der Waals surface area contributed by atoms with Crippen molar-refractivity contribution in [3.63, 3.8) is 0 Å². The second kappa shape index (κ2) is 5.68. The third-order valence-corrected chi connectivity index (χ3v) is 6.19. The number of hydrogen-bond acceptors (Lipinski definition) is 5. The average molecular weight is 355 g/mol. The highest BCUT2D eigenvalue weighted by Gasteiger charge is 2.37. The maximum atomic E-state index is 12.5. The van der Waals surface area contributed by atoms with Gasteiger partial charge in [0, 0.05) is 23.5 Å². The van der Waals surface area contributed by atoms with Crippen molar-refractivity contribution in [2.45, 2.75) is 4.90 Å². The number of thioether (sulfide) groups is 2. The first-order valence-electron chi connectivity index (χ1n) is 6.13. The summed E-state index contributed by atoms with van der Waals surface area (Å²) in [5.41, 5.74) is 1.01. The Kier molecular flexibility index (Phi) is 4.05. The number of fused-ring (bicyclic) bond motifs is 1. The summed E-state index contributed by atoms with van der Waals surface area (Å²) in [6.45, 7) is 4.10. The van der Waals surface area contributed by atoms with Crippen LogP contribution in [0.2, 0.25) is 5.02 Å². The number of nitrogens with zero attached hydrogens (tertiary/aromatic N) is 2. The Morgan fingerprint density at radius 2 is 2.19 bits per heavy atom. The Labute approximate surface area is 142 Å². The van der Waals surface area contributed by atoms with Crippen molar-refractivity contribution in [3.8, 4) is 0 Å². The molecule has 0 radical (unpaired) electrons. The van der Waals surface area contributed by atoms with Gasteiger partial charge in [0.1, 0.15) is 9.23 Å². The Bertz CT molecular complexity index is 701. The number of hydrogen-bond donors (Lipinski definition) is 0. The number of thiocarbonyl (C=S) groups is 1. The van der Waals surface area contributed by atoms with Crippen LogP contribution in [-0.2, 0) is 4.79 Å². The summed E-state index contributed by atoms with van der Waals surface area (Å²) in [5, 5.41) is 1.58. The van der Waals surface area contributed by atoms with Gasteiger partial charge in [-0.25, -0.2) is 0 Å². The van der Waals surface area contributed by atoms with E-state index in [1.54, 1.807) is 22.7 Å². The Morgan fingerprint density at radius 1 is 1.43 bits per heavy atom. The molecule has 0 unspecified atom stereocenters. The molecule has 0 saturated carbocycles. The molecule has 0 aromatic heterocycles. The first-order chi connectivity index (χ1) is 10.0. The second-order valence-corrected chi connectivity index (χ2v) is 7.59. The van der Waals surface area contributed by atoms with Gasteiger partial charge in [-0.1, -0.05) is 53.4 Å². The van der Waals surface area contributed by atoms with Gasteiger partial charge in [0.25, 0.3) is 5.91 Å². The van der Waals surface area contributed by atoms with Crippen LogP contribution in [-0.4, -0.2) is 28.7 Å². The predicted molar refractivity (Wildman–Crippen MR) is 94.8 cm³/mol. The fourth-order valence-electron chi connectivity index (χ4n) is 2.13. The van der Waals surface area contributed by atoms with E-state index in [9.17, 15) is 4.79 Å². The molecule has 0 bridgehead atoms. The van der Waals surface area contributed by atoms with Gasteiger partial charge in [-0.3, -0.25) is 9.69 Å². The van der Waals surface area contributed by atoms with E-state index >= 15 is 0 Å². The minimum atomic E-state index is -0.0573. The summed E-state index contributed by atoms with van der Waals surface area (Å²) < 4.78 is 0.574. The molecule has 0 atom stereocenters. The summed E-state index contributed by atoms with van der Waals surface area (Å²) in [6, 6.07) is 5.73. The summed E-state index contributed by atoms with van der Waals surface area (Å²) >= 11 is 14.2. The lowest BCUT2D eigenvalue weighted by atomic mass is 10.3. The molecule has 1 fully saturated rings. The van der Waals surface area contributed by atoms with Crippen molar-refractivity contribution in [1.29, 1.82) is 0 Å². The molecular formula is C14H11ClN2OS3. The standard InChI is InChI=1S/C14H11ClN2OS3/c1-3-6-17-12(18)11(21-14(17)19)13-16(2)9-7-8(15)4-5-10(9)20-13/h3-5,7H,1,6H2,2H3. The predicted octanol–water partition coefficient (Wildman–Crippen LogP) is 4.10. The van der Waals surface area contributed by atoms with Gasteiger partial charge in [-0.05, 0) is 18.2 Å². The van der Waals surface area contributed by atoms with E-state index < -0.39 is 0 Å². The zero-order valence-electron chi connectivity index (χ0n) is 11.1. The first kappa shape index (κ1) is 15.0. The van der Waals surface area contributed by atoms with Crippen LogP contribution in [0.3, 0.4) is 0 Å². The molecular weight excluding hydrogens is 344 g/mol. The van der Waals surface area contributed by atoms with Crippen LogP contribution < -0.4 is 4.90 Å². The normalized spacial score (nSPS) is 21.2. The molecule has 1 saturated heterocycles. The van der Waals surface area contributed by atoms with Gasteiger partial charge >= 0.3 is 0 Å². The van der Waals surface area contributed by atoms with E-state index in [0.29, 0.717) is 20.8 Å². The molecule has 7 heteroatoms. The number of carbonyl (C=O) groups is 1. The number of anilines is 1. The first-order valence-corrected chi connectivity index (χ1v) is 8.55. The number of halogens is 1. The zero-order valence-corrected chi connectivity index (χ0v) is 14.3. The van der Waals surface area contributed by atoms with Gasteiger partial charge in [0.2, 0.25) is 0 Å². The molecule has 1 aromatic rings. The molecule has 2 heterocycles. The molecule has 0 aliphatic carbocycles. The Morgan fingerprint density at radius 3 is 2.90 bits per heavy atom. The van der Waals surface area contributed by atoms with Crippen LogP contribution in [0.15, 0.2) is 45.7 Å². The monoisotopic (exact) mass is 354 g/mol. The molecule has 21 heavy (non-hydrogen) atoms. The van der Waals surface area contributed by atoms with Crippen LogP contribution >= 0.6 is 47.3 Å². The lowest BCUT2D eigenvalue weighted by Crippen LogP contribution is -2.28. The van der Waals surface area contributed by atoms with Gasteiger partial charge in [-0.2, -0.15) is 0 Å². The smallest absolute Gasteiger partial charge is 0.269 e. The topological polar surface area (TPSA) is 23.6 Å². The van der Waals surface area contributed by atoms with E-state index in [-0.39, 0.29) is 5.91 Å². The van der Waals surface area contributed by atoms with Crippen molar-refractivity contribution in [2.75, 3.05) is 18.5 Å². The van der Waals surface area contributed by atoms with Crippen molar-refractivity contribution < 1.29 is 4.79 Å². The van der Waals surface area contributed by atoms with Gasteiger partial charge < -0.3 is 4.90 Å². The van der Waals surface area contributed by atoms with E-state index in [2.05, 4.69) is 6.58 Å². The summed E-state index contributed by atoms with van der Waals surface area (Å²) in [7, 11) is 1.94. The van der Waals surface area contributed by atoms with Crippen molar-refractivity contribution >= 4 is 63.3 Å². The lowest BCUT2D eigenvalue weighted by molar-refractivity contribution is -0.121. The van der Waals surface area contributed by atoms with Crippen LogP contribution in [0, 0.1) is 0 Å². The molecule has 2 aliphatic heterocycles. The quantitative estimate of drug-likeness (QED) is 0.452. The average Bonchev–Trinajstić information content (AvgIpc) is 2.91. The highest BCUT2D eigenvalue weighted by atomic mass is 35.5. The van der Waals surface area contributed by atoms with Crippen LogP contribution in [0.4, 0.5) is 5.69 Å². The third kappa shape index (κ3) is 2.50. The minimum Gasteiger partial charge on any atom is -0.337 e. The van der Waals surface area contributed by atoms with Gasteiger partial charge in [-0.15, -0.1) is 6.58 Å². The molecule has 3 rings (SSSR count). The molecule has 0 N–H and O–H groups in total. The summed E-state index contributed by atoms with van der Waals surface area (Å²) in [6.07, 6.45) is 1.68. The number of amides is 1. The Hall–Kier alpha value is -0.950. The van der Waals surface area contributed by atoms with Crippen LogP contribution in [0.1, 0.15) is 0 Å². The second-order valence-electron chi connectivity index (χ2n) is 4.48. The van der Waals surface area contributed by atoms with Crippen LogP contribution in [0.25, 0.3) is 0 Å². The summed E-state index contributed by atoms with van der Waals surface area (Å²) in [5.74, 6) is -0.0573. The molecule has 1 aromatic carbocycles. The summed E-state index contributed by atoms with van der Waals surface area (Å²) in [4.78, 5) is 17.8. The lowest BCUT2D eigenvalue weighted by Gasteiger charge is -2.15. The molecule has 108 valence electrons. The number of rotatable bonds is 2. The van der Waals surface area contributed by atoms with E-state index in [1.807, 2.05) is 30.1 Å². The molecule has 3 nitrogen and oxygen atoms in total. The molecule has 0 spiro atoms. The molecule has 2 aliphatic rings. The zero-order chi connectivity index (χ0) is 15.1. The van der Waals surface area contributed by atoms with Crippen molar-refractivity contribution in [3.05, 3.63) is 45.8 Å². The van der Waals surface area contributed by atoms with E-state index in [4.69, 9.17) is 23.8 Å². The fraction of sp³-hybridized carbons (Fsp3) is 0.143. The minimum absolute atomic E-state index is 0.0573. The third-order valence-electron chi connectivity index (χ3n) is 3.15. The largest absolute Gasteiger partial charge is 0.337 e. The van der Waals surface area contributed by atoms with E-state index in [1.165, 1.54) is 11.8 Å². The highest BCUT2D eigenvalue weighted by molar-refractivity contribution is 8.27. The van der Waals surface area contributed by atoms with E-state index in [0.717, 1.165) is 15.6 Å². The van der Waals surface area contributed by atoms with Crippen molar-refractivity contribution in [1.82, 2.24) is 4.90 Å². The Balaban J connectivity index is 2.00. The highest BCUT2D eigenvalue weighted by Crippen LogP contribution is 2.50.